The number of piperidine rings is 1. The van der Waals surface area contributed by atoms with Crippen molar-refractivity contribution >= 4 is 0 Å². The van der Waals surface area contributed by atoms with Crippen LogP contribution in [0.3, 0.4) is 0 Å². The Morgan fingerprint density at radius 3 is 2.94 bits per heavy atom. The summed E-state index contributed by atoms with van der Waals surface area (Å²) in [5.74, 6) is 0.669. The molecule has 4 heteroatoms. The summed E-state index contributed by atoms with van der Waals surface area (Å²) < 4.78 is 11.2. The molecule has 3 unspecified atom stereocenters. The molecule has 0 aliphatic carbocycles. The Hall–Kier alpha value is -0.160. The van der Waals surface area contributed by atoms with E-state index >= 15 is 0 Å². The zero-order chi connectivity index (χ0) is 13.0. The molecule has 2 aliphatic heterocycles. The summed E-state index contributed by atoms with van der Waals surface area (Å²) in [5.41, 5.74) is 6.19. The number of hydrogen-bond donors (Lipinski definition) is 1. The quantitative estimate of drug-likeness (QED) is 0.818. The van der Waals surface area contributed by atoms with E-state index in [1.165, 1.54) is 19.4 Å². The number of hydrogen-bond acceptors (Lipinski definition) is 4. The lowest BCUT2D eigenvalue weighted by molar-refractivity contribution is -0.0520. The summed E-state index contributed by atoms with van der Waals surface area (Å²) in [4.78, 5) is 2.52. The van der Waals surface area contributed by atoms with E-state index < -0.39 is 0 Å². The SMILES string of the molecule is COC1CN(CC2(CN)CCCOC2)CCC1C. The summed E-state index contributed by atoms with van der Waals surface area (Å²) in [7, 11) is 1.83. The highest BCUT2D eigenvalue weighted by Crippen LogP contribution is 2.30. The van der Waals surface area contributed by atoms with E-state index in [4.69, 9.17) is 15.2 Å². The van der Waals surface area contributed by atoms with Crippen LogP contribution in [-0.2, 0) is 9.47 Å². The van der Waals surface area contributed by atoms with Gasteiger partial charge in [0.1, 0.15) is 0 Å². The van der Waals surface area contributed by atoms with Crippen molar-refractivity contribution in [3.63, 3.8) is 0 Å². The summed E-state index contributed by atoms with van der Waals surface area (Å²) in [6.45, 7) is 8.02. The van der Waals surface area contributed by atoms with Crippen LogP contribution < -0.4 is 5.73 Å². The Kier molecular flexibility index (Phi) is 5.01. The Bertz CT molecular complexity index is 254. The predicted octanol–water partition coefficient (Wildman–Crippen LogP) is 1.10. The normalized spacial score (nSPS) is 38.8. The van der Waals surface area contributed by atoms with Crippen molar-refractivity contribution in [2.45, 2.75) is 32.3 Å². The highest BCUT2D eigenvalue weighted by Gasteiger charge is 2.36. The fraction of sp³-hybridized carbons (Fsp3) is 1.00. The molecule has 2 saturated heterocycles. The fourth-order valence-corrected chi connectivity index (χ4v) is 3.28. The van der Waals surface area contributed by atoms with Crippen molar-refractivity contribution in [1.29, 1.82) is 0 Å². The molecular formula is C14H28N2O2. The van der Waals surface area contributed by atoms with Crippen molar-refractivity contribution in [3.8, 4) is 0 Å². The maximum atomic E-state index is 6.01. The van der Waals surface area contributed by atoms with Gasteiger partial charge in [0.15, 0.2) is 0 Å². The molecule has 0 radical (unpaired) electrons. The van der Waals surface area contributed by atoms with Gasteiger partial charge in [-0.3, -0.25) is 0 Å². The summed E-state index contributed by atoms with van der Waals surface area (Å²) >= 11 is 0. The van der Waals surface area contributed by atoms with Gasteiger partial charge in [-0.15, -0.1) is 0 Å². The lowest BCUT2D eigenvalue weighted by atomic mass is 9.81. The van der Waals surface area contributed by atoms with Crippen LogP contribution in [-0.4, -0.2) is 57.5 Å². The number of methoxy groups -OCH3 is 1. The second kappa shape index (κ2) is 6.33. The number of rotatable bonds is 4. The van der Waals surface area contributed by atoms with Crippen LogP contribution in [0.5, 0.6) is 0 Å². The summed E-state index contributed by atoms with van der Waals surface area (Å²) in [5, 5.41) is 0. The molecular weight excluding hydrogens is 228 g/mol. The van der Waals surface area contributed by atoms with Crippen LogP contribution in [0.15, 0.2) is 0 Å². The van der Waals surface area contributed by atoms with Gasteiger partial charge in [0.2, 0.25) is 0 Å². The molecule has 0 spiro atoms. The van der Waals surface area contributed by atoms with Crippen LogP contribution in [0.4, 0.5) is 0 Å². The summed E-state index contributed by atoms with van der Waals surface area (Å²) in [6.07, 6.45) is 3.95. The monoisotopic (exact) mass is 256 g/mol. The zero-order valence-corrected chi connectivity index (χ0v) is 11.9. The Morgan fingerprint density at radius 1 is 1.50 bits per heavy atom. The molecule has 0 bridgehead atoms. The van der Waals surface area contributed by atoms with Crippen molar-refractivity contribution < 1.29 is 9.47 Å². The van der Waals surface area contributed by atoms with Crippen molar-refractivity contribution in [1.82, 2.24) is 4.90 Å². The zero-order valence-electron chi connectivity index (χ0n) is 11.9. The van der Waals surface area contributed by atoms with Crippen LogP contribution in [0, 0.1) is 11.3 Å². The first kappa shape index (κ1) is 14.3. The second-order valence-electron chi connectivity index (χ2n) is 6.14. The van der Waals surface area contributed by atoms with E-state index in [0.29, 0.717) is 12.0 Å². The van der Waals surface area contributed by atoms with Crippen LogP contribution in [0.1, 0.15) is 26.2 Å². The minimum absolute atomic E-state index is 0.178. The molecule has 0 saturated carbocycles. The molecule has 4 nitrogen and oxygen atoms in total. The number of nitrogens with zero attached hydrogens (tertiary/aromatic N) is 1. The minimum atomic E-state index is 0.178. The molecule has 18 heavy (non-hydrogen) atoms. The minimum Gasteiger partial charge on any atom is -0.381 e. The fourth-order valence-electron chi connectivity index (χ4n) is 3.28. The third kappa shape index (κ3) is 3.23. The standard InChI is InChI=1S/C14H28N2O2/c1-12-4-6-16(8-13(12)17-2)10-14(9-15)5-3-7-18-11-14/h12-13H,3-11,15H2,1-2H3. The van der Waals surface area contributed by atoms with E-state index in [-0.39, 0.29) is 5.41 Å². The van der Waals surface area contributed by atoms with Gasteiger partial charge in [-0.25, -0.2) is 0 Å². The molecule has 2 heterocycles. The lowest BCUT2D eigenvalue weighted by Crippen LogP contribution is -2.52. The van der Waals surface area contributed by atoms with E-state index in [9.17, 15) is 0 Å². The van der Waals surface area contributed by atoms with Gasteiger partial charge in [0, 0.05) is 38.8 Å². The number of nitrogens with two attached hydrogens (primary N) is 1. The van der Waals surface area contributed by atoms with Crippen molar-refractivity contribution in [2.75, 3.05) is 46.5 Å². The predicted molar refractivity (Wildman–Crippen MR) is 72.6 cm³/mol. The second-order valence-corrected chi connectivity index (χ2v) is 6.14. The first-order valence-corrected chi connectivity index (χ1v) is 7.22. The number of ether oxygens (including phenoxy) is 2. The largest absolute Gasteiger partial charge is 0.381 e. The van der Waals surface area contributed by atoms with Gasteiger partial charge < -0.3 is 20.1 Å². The van der Waals surface area contributed by atoms with Gasteiger partial charge in [-0.1, -0.05) is 6.92 Å². The molecule has 0 aromatic carbocycles. The maximum absolute atomic E-state index is 6.01. The van der Waals surface area contributed by atoms with Gasteiger partial charge in [0.05, 0.1) is 12.7 Å². The molecule has 2 fully saturated rings. The van der Waals surface area contributed by atoms with E-state index in [2.05, 4.69) is 11.8 Å². The molecule has 0 amide bonds. The third-order valence-corrected chi connectivity index (χ3v) is 4.67. The smallest absolute Gasteiger partial charge is 0.0724 e. The first-order chi connectivity index (χ1) is 8.69. The Balaban J connectivity index is 1.91. The van der Waals surface area contributed by atoms with Crippen molar-refractivity contribution in [2.24, 2.45) is 17.1 Å². The van der Waals surface area contributed by atoms with E-state index in [1.54, 1.807) is 0 Å². The maximum Gasteiger partial charge on any atom is 0.0724 e. The van der Waals surface area contributed by atoms with Gasteiger partial charge in [-0.05, 0) is 31.7 Å². The van der Waals surface area contributed by atoms with Gasteiger partial charge in [-0.2, -0.15) is 0 Å². The Labute approximate surface area is 111 Å². The van der Waals surface area contributed by atoms with Gasteiger partial charge >= 0.3 is 0 Å². The first-order valence-electron chi connectivity index (χ1n) is 7.22. The van der Waals surface area contributed by atoms with Crippen LogP contribution in [0.2, 0.25) is 0 Å². The molecule has 0 aromatic heterocycles. The lowest BCUT2D eigenvalue weighted by Gasteiger charge is -2.43. The Morgan fingerprint density at radius 2 is 2.33 bits per heavy atom. The molecule has 0 aromatic rings. The third-order valence-electron chi connectivity index (χ3n) is 4.67. The van der Waals surface area contributed by atoms with Gasteiger partial charge in [0.25, 0.3) is 0 Å². The number of likely N-dealkylation sites (tertiary alicyclic amines) is 1. The van der Waals surface area contributed by atoms with E-state index in [1.807, 2.05) is 7.11 Å². The molecule has 3 atom stereocenters. The highest BCUT2D eigenvalue weighted by molar-refractivity contribution is 4.89. The highest BCUT2D eigenvalue weighted by atomic mass is 16.5. The topological polar surface area (TPSA) is 47.7 Å². The molecule has 2 aliphatic rings. The van der Waals surface area contributed by atoms with Crippen LogP contribution in [0.25, 0.3) is 0 Å². The van der Waals surface area contributed by atoms with Crippen LogP contribution >= 0.6 is 0 Å². The average Bonchev–Trinajstić information content (AvgIpc) is 2.42. The molecule has 2 rings (SSSR count). The average molecular weight is 256 g/mol. The summed E-state index contributed by atoms with van der Waals surface area (Å²) in [6, 6.07) is 0. The molecule has 106 valence electrons. The molecule has 2 N–H and O–H groups in total. The van der Waals surface area contributed by atoms with E-state index in [0.717, 1.165) is 39.3 Å². The van der Waals surface area contributed by atoms with Crippen molar-refractivity contribution in [3.05, 3.63) is 0 Å².